The van der Waals surface area contributed by atoms with Gasteiger partial charge in [0.05, 0.1) is 7.11 Å². The Bertz CT molecular complexity index is 379. The lowest BCUT2D eigenvalue weighted by Gasteiger charge is -2.23. The Morgan fingerprint density at radius 2 is 2.05 bits per heavy atom. The highest BCUT2D eigenvalue weighted by Gasteiger charge is 2.14. The van der Waals surface area contributed by atoms with Gasteiger partial charge < -0.3 is 15.4 Å². The Balaban J connectivity index is 2.61. The highest BCUT2D eigenvalue weighted by atomic mass is 16.5. The summed E-state index contributed by atoms with van der Waals surface area (Å²) in [6.45, 7) is 6.28. The van der Waals surface area contributed by atoms with E-state index < -0.39 is 0 Å². The van der Waals surface area contributed by atoms with Gasteiger partial charge in [-0.1, -0.05) is 37.5 Å². The first-order valence-electron chi connectivity index (χ1n) is 7.17. The summed E-state index contributed by atoms with van der Waals surface area (Å²) in [7, 11) is 3.84. The summed E-state index contributed by atoms with van der Waals surface area (Å²) < 4.78 is 5.40. The van der Waals surface area contributed by atoms with Crippen molar-refractivity contribution in [1.29, 1.82) is 0 Å². The van der Waals surface area contributed by atoms with Crippen molar-refractivity contribution in [2.24, 2.45) is 5.73 Å². The van der Waals surface area contributed by atoms with Crippen LogP contribution in [0.15, 0.2) is 18.2 Å². The van der Waals surface area contributed by atoms with Gasteiger partial charge in [-0.05, 0) is 33.0 Å². The number of likely N-dealkylation sites (N-methyl/N-ethyl adjacent to an activating group) is 1. The number of methoxy groups -OCH3 is 1. The average Bonchev–Trinajstić information content (AvgIpc) is 2.39. The quantitative estimate of drug-likeness (QED) is 0.733. The van der Waals surface area contributed by atoms with E-state index in [0.717, 1.165) is 24.4 Å². The number of aryl methyl sites for hydroxylation is 1. The van der Waals surface area contributed by atoms with Crippen LogP contribution in [0.1, 0.15) is 43.4 Å². The van der Waals surface area contributed by atoms with Crippen molar-refractivity contribution in [1.82, 2.24) is 4.90 Å². The SMILES string of the molecule is CCCCCN(C)CC(N)c1cc(C)ccc1OC. The first-order chi connectivity index (χ1) is 9.08. The molecule has 3 heteroatoms. The average molecular weight is 264 g/mol. The molecule has 0 aliphatic rings. The molecular weight excluding hydrogens is 236 g/mol. The van der Waals surface area contributed by atoms with E-state index in [1.165, 1.54) is 24.8 Å². The molecule has 0 saturated carbocycles. The molecule has 0 saturated heterocycles. The summed E-state index contributed by atoms with van der Waals surface area (Å²) in [5.41, 5.74) is 8.65. The number of unbranched alkanes of at least 4 members (excludes halogenated alkanes) is 2. The van der Waals surface area contributed by atoms with Gasteiger partial charge in [-0.25, -0.2) is 0 Å². The lowest BCUT2D eigenvalue weighted by Crippen LogP contribution is -2.30. The normalized spacial score (nSPS) is 12.7. The molecule has 0 heterocycles. The van der Waals surface area contributed by atoms with E-state index in [1.807, 2.05) is 6.07 Å². The van der Waals surface area contributed by atoms with Crippen LogP contribution >= 0.6 is 0 Å². The van der Waals surface area contributed by atoms with Crippen molar-refractivity contribution in [3.05, 3.63) is 29.3 Å². The van der Waals surface area contributed by atoms with Crippen LogP contribution in [0.5, 0.6) is 5.75 Å². The number of nitrogens with two attached hydrogens (primary N) is 1. The van der Waals surface area contributed by atoms with Crippen molar-refractivity contribution in [3.8, 4) is 5.75 Å². The first kappa shape index (κ1) is 16.0. The smallest absolute Gasteiger partial charge is 0.123 e. The zero-order chi connectivity index (χ0) is 14.3. The molecule has 0 fully saturated rings. The molecule has 0 bridgehead atoms. The van der Waals surface area contributed by atoms with E-state index >= 15 is 0 Å². The molecule has 3 nitrogen and oxygen atoms in total. The van der Waals surface area contributed by atoms with Crippen LogP contribution in [-0.4, -0.2) is 32.1 Å². The summed E-state index contributed by atoms with van der Waals surface area (Å²) in [5, 5.41) is 0. The third-order valence-electron chi connectivity index (χ3n) is 3.44. The van der Waals surface area contributed by atoms with Crippen LogP contribution in [0.25, 0.3) is 0 Å². The molecule has 0 amide bonds. The zero-order valence-corrected chi connectivity index (χ0v) is 12.8. The predicted octanol–water partition coefficient (Wildman–Crippen LogP) is 3.13. The topological polar surface area (TPSA) is 38.5 Å². The Labute approximate surface area is 117 Å². The van der Waals surface area contributed by atoms with Crippen molar-refractivity contribution in [2.75, 3.05) is 27.2 Å². The first-order valence-corrected chi connectivity index (χ1v) is 7.17. The van der Waals surface area contributed by atoms with Gasteiger partial charge in [0.1, 0.15) is 5.75 Å². The van der Waals surface area contributed by atoms with Crippen LogP contribution in [-0.2, 0) is 0 Å². The minimum absolute atomic E-state index is 0.00137. The number of hydrogen-bond acceptors (Lipinski definition) is 3. The maximum absolute atomic E-state index is 6.32. The molecule has 0 aliphatic carbocycles. The minimum Gasteiger partial charge on any atom is -0.496 e. The lowest BCUT2D eigenvalue weighted by atomic mass is 10.0. The van der Waals surface area contributed by atoms with Crippen molar-refractivity contribution in [2.45, 2.75) is 39.2 Å². The van der Waals surface area contributed by atoms with E-state index in [-0.39, 0.29) is 6.04 Å². The summed E-state index contributed by atoms with van der Waals surface area (Å²) in [4.78, 5) is 2.31. The van der Waals surface area contributed by atoms with Gasteiger partial charge in [0.15, 0.2) is 0 Å². The molecule has 0 spiro atoms. The fourth-order valence-corrected chi connectivity index (χ4v) is 2.30. The zero-order valence-electron chi connectivity index (χ0n) is 12.8. The standard InChI is InChI=1S/C16H28N2O/c1-5-6-7-10-18(3)12-15(17)14-11-13(2)8-9-16(14)19-4/h8-9,11,15H,5-7,10,12,17H2,1-4H3. The van der Waals surface area contributed by atoms with Crippen LogP contribution in [0.3, 0.4) is 0 Å². The number of hydrogen-bond donors (Lipinski definition) is 1. The fourth-order valence-electron chi connectivity index (χ4n) is 2.30. The van der Waals surface area contributed by atoms with E-state index in [1.54, 1.807) is 7.11 Å². The molecule has 19 heavy (non-hydrogen) atoms. The predicted molar refractivity (Wildman–Crippen MR) is 81.7 cm³/mol. The van der Waals surface area contributed by atoms with Gasteiger partial charge >= 0.3 is 0 Å². The van der Waals surface area contributed by atoms with E-state index in [4.69, 9.17) is 10.5 Å². The molecule has 0 aromatic heterocycles. The summed E-state index contributed by atoms with van der Waals surface area (Å²) >= 11 is 0. The maximum atomic E-state index is 6.32. The second kappa shape index (κ2) is 8.18. The van der Waals surface area contributed by atoms with Gasteiger partial charge in [0, 0.05) is 18.2 Å². The number of benzene rings is 1. The fraction of sp³-hybridized carbons (Fsp3) is 0.625. The van der Waals surface area contributed by atoms with Crippen LogP contribution in [0.4, 0.5) is 0 Å². The summed E-state index contributed by atoms with van der Waals surface area (Å²) in [6, 6.07) is 6.19. The van der Waals surface area contributed by atoms with Crippen LogP contribution in [0.2, 0.25) is 0 Å². The lowest BCUT2D eigenvalue weighted by molar-refractivity contribution is 0.301. The Hall–Kier alpha value is -1.06. The Morgan fingerprint density at radius 1 is 1.32 bits per heavy atom. The molecule has 2 N–H and O–H groups in total. The highest BCUT2D eigenvalue weighted by molar-refractivity contribution is 5.39. The van der Waals surface area contributed by atoms with Crippen molar-refractivity contribution < 1.29 is 4.74 Å². The number of rotatable bonds is 8. The van der Waals surface area contributed by atoms with Crippen LogP contribution < -0.4 is 10.5 Å². The monoisotopic (exact) mass is 264 g/mol. The highest BCUT2D eigenvalue weighted by Crippen LogP contribution is 2.25. The second-order valence-electron chi connectivity index (χ2n) is 5.32. The Morgan fingerprint density at radius 3 is 2.68 bits per heavy atom. The number of nitrogens with zero attached hydrogens (tertiary/aromatic N) is 1. The molecule has 1 aromatic rings. The number of ether oxygens (including phenoxy) is 1. The molecule has 0 radical (unpaired) electrons. The van der Waals surface area contributed by atoms with Gasteiger partial charge in [-0.15, -0.1) is 0 Å². The molecule has 1 atom stereocenters. The minimum atomic E-state index is 0.00137. The molecule has 1 unspecified atom stereocenters. The largest absolute Gasteiger partial charge is 0.496 e. The third-order valence-corrected chi connectivity index (χ3v) is 3.44. The molecule has 1 rings (SSSR count). The molecule has 108 valence electrons. The van der Waals surface area contributed by atoms with E-state index in [2.05, 4.69) is 37.9 Å². The molecule has 0 aliphatic heterocycles. The van der Waals surface area contributed by atoms with Gasteiger partial charge in [0.2, 0.25) is 0 Å². The Kier molecular flexibility index (Phi) is 6.89. The summed E-state index contributed by atoms with van der Waals surface area (Å²) in [6.07, 6.45) is 3.78. The van der Waals surface area contributed by atoms with Gasteiger partial charge in [-0.3, -0.25) is 0 Å². The van der Waals surface area contributed by atoms with Crippen LogP contribution in [0, 0.1) is 6.92 Å². The van der Waals surface area contributed by atoms with Gasteiger partial charge in [-0.2, -0.15) is 0 Å². The maximum Gasteiger partial charge on any atom is 0.123 e. The van der Waals surface area contributed by atoms with Crippen molar-refractivity contribution in [3.63, 3.8) is 0 Å². The molecular formula is C16H28N2O. The van der Waals surface area contributed by atoms with Gasteiger partial charge in [0.25, 0.3) is 0 Å². The van der Waals surface area contributed by atoms with Crippen molar-refractivity contribution >= 4 is 0 Å². The third kappa shape index (κ3) is 5.21. The summed E-state index contributed by atoms with van der Waals surface area (Å²) in [5.74, 6) is 0.889. The van der Waals surface area contributed by atoms with E-state index in [9.17, 15) is 0 Å². The molecule has 1 aromatic carbocycles. The second-order valence-corrected chi connectivity index (χ2v) is 5.32. The van der Waals surface area contributed by atoms with E-state index in [0.29, 0.717) is 0 Å².